The van der Waals surface area contributed by atoms with E-state index in [1.807, 2.05) is 77.9 Å². The lowest BCUT2D eigenvalue weighted by molar-refractivity contribution is -0.142. The fraction of sp³-hybridized carbons (Fsp3) is 0.500. The zero-order valence-electron chi connectivity index (χ0n) is 22.7. The molecule has 0 bridgehead atoms. The predicted molar refractivity (Wildman–Crippen MR) is 146 cm³/mol. The molecule has 0 aromatic heterocycles. The van der Waals surface area contributed by atoms with Crippen LogP contribution in [-0.4, -0.2) is 49.5 Å². The third-order valence-corrected chi connectivity index (χ3v) is 7.04. The van der Waals surface area contributed by atoms with Crippen molar-refractivity contribution in [2.45, 2.75) is 78.9 Å². The molecule has 0 aliphatic rings. The molecule has 2 aromatic rings. The van der Waals surface area contributed by atoms with Crippen LogP contribution >= 0.6 is 0 Å². The maximum atomic E-state index is 13.5. The first-order valence-electron chi connectivity index (χ1n) is 12.4. The molecule has 1 atom stereocenters. The highest BCUT2D eigenvalue weighted by Gasteiger charge is 2.30. The fourth-order valence-corrected chi connectivity index (χ4v) is 5.23. The Labute approximate surface area is 216 Å². The highest BCUT2D eigenvalue weighted by molar-refractivity contribution is 7.92. The van der Waals surface area contributed by atoms with Gasteiger partial charge < -0.3 is 10.2 Å². The Morgan fingerprint density at radius 1 is 1.03 bits per heavy atom. The van der Waals surface area contributed by atoms with Crippen LogP contribution in [0.1, 0.15) is 63.6 Å². The van der Waals surface area contributed by atoms with Gasteiger partial charge in [0.25, 0.3) is 0 Å². The number of carbonyl (C=O) groups excluding carboxylic acids is 2. The molecule has 8 heteroatoms. The van der Waals surface area contributed by atoms with Crippen molar-refractivity contribution in [3.63, 3.8) is 0 Å². The number of carbonyl (C=O) groups is 2. The molecule has 7 nitrogen and oxygen atoms in total. The van der Waals surface area contributed by atoms with Crippen LogP contribution in [0.25, 0.3) is 0 Å². The van der Waals surface area contributed by atoms with Crippen LogP contribution in [0, 0.1) is 13.8 Å². The number of rotatable bonds is 11. The predicted octanol–water partition coefficient (Wildman–Crippen LogP) is 4.57. The van der Waals surface area contributed by atoms with E-state index in [4.69, 9.17) is 0 Å². The molecule has 0 unspecified atom stereocenters. The number of sulfonamides is 1. The lowest BCUT2D eigenvalue weighted by Crippen LogP contribution is -2.53. The number of anilines is 1. The maximum Gasteiger partial charge on any atom is 0.243 e. The average molecular weight is 516 g/mol. The fourth-order valence-electron chi connectivity index (χ4n) is 4.21. The van der Waals surface area contributed by atoms with Crippen LogP contribution < -0.4 is 9.62 Å². The van der Waals surface area contributed by atoms with Gasteiger partial charge in [-0.2, -0.15) is 0 Å². The van der Waals surface area contributed by atoms with E-state index in [9.17, 15) is 18.0 Å². The van der Waals surface area contributed by atoms with Crippen LogP contribution in [0.5, 0.6) is 0 Å². The third kappa shape index (κ3) is 8.66. The van der Waals surface area contributed by atoms with E-state index >= 15 is 0 Å². The van der Waals surface area contributed by atoms with Crippen molar-refractivity contribution in [1.29, 1.82) is 0 Å². The highest BCUT2D eigenvalue weighted by atomic mass is 32.2. The summed E-state index contributed by atoms with van der Waals surface area (Å²) < 4.78 is 26.4. The number of nitrogens with one attached hydrogen (secondary N) is 1. The Bertz CT molecular complexity index is 1160. The quantitative estimate of drug-likeness (QED) is 0.475. The number of para-hydroxylation sites is 1. The van der Waals surface area contributed by atoms with Gasteiger partial charge in [-0.1, -0.05) is 55.0 Å². The van der Waals surface area contributed by atoms with Gasteiger partial charge in [0.15, 0.2) is 0 Å². The first kappa shape index (κ1) is 29.4. The molecular formula is C28H41N3O4S. The molecule has 0 saturated carbocycles. The summed E-state index contributed by atoms with van der Waals surface area (Å²) in [4.78, 5) is 28.3. The van der Waals surface area contributed by atoms with Crippen molar-refractivity contribution in [1.82, 2.24) is 10.2 Å². The minimum absolute atomic E-state index is 0.128. The Morgan fingerprint density at radius 2 is 1.69 bits per heavy atom. The van der Waals surface area contributed by atoms with Gasteiger partial charge in [0.1, 0.15) is 6.04 Å². The summed E-state index contributed by atoms with van der Waals surface area (Å²) in [5.74, 6) is -0.366. The smallest absolute Gasteiger partial charge is 0.243 e. The van der Waals surface area contributed by atoms with Gasteiger partial charge in [0, 0.05) is 25.0 Å². The molecule has 198 valence electrons. The Hall–Kier alpha value is -2.87. The molecule has 2 rings (SSSR count). The van der Waals surface area contributed by atoms with Crippen LogP contribution in [0.2, 0.25) is 0 Å². The van der Waals surface area contributed by atoms with Gasteiger partial charge in [-0.05, 0) is 64.7 Å². The lowest BCUT2D eigenvalue weighted by atomic mass is 10.0. The molecule has 0 spiro atoms. The lowest BCUT2D eigenvalue weighted by Gasteiger charge is -2.33. The van der Waals surface area contributed by atoms with E-state index in [-0.39, 0.29) is 24.8 Å². The van der Waals surface area contributed by atoms with Gasteiger partial charge >= 0.3 is 0 Å². The summed E-state index contributed by atoms with van der Waals surface area (Å²) in [6, 6.07) is 14.6. The molecule has 0 radical (unpaired) electrons. The SMILES string of the molecule is CC[C@H](C(=O)NC(C)(C)C)N(Cc1cccc(C)c1)C(=O)CCCN(c1ccccc1C)S(C)(=O)=O. The van der Waals surface area contributed by atoms with E-state index in [0.29, 0.717) is 25.1 Å². The normalized spacial score (nSPS) is 12.6. The van der Waals surface area contributed by atoms with Crippen molar-refractivity contribution in [2.75, 3.05) is 17.1 Å². The molecule has 0 heterocycles. The zero-order chi connectivity index (χ0) is 27.1. The topological polar surface area (TPSA) is 86.8 Å². The van der Waals surface area contributed by atoms with Gasteiger partial charge in [-0.25, -0.2) is 8.42 Å². The molecule has 2 amide bonds. The van der Waals surface area contributed by atoms with Crippen molar-refractivity contribution in [3.05, 3.63) is 65.2 Å². The van der Waals surface area contributed by atoms with Crippen molar-refractivity contribution in [3.8, 4) is 0 Å². The van der Waals surface area contributed by atoms with E-state index in [2.05, 4.69) is 5.32 Å². The minimum Gasteiger partial charge on any atom is -0.350 e. The highest BCUT2D eigenvalue weighted by Crippen LogP contribution is 2.23. The summed E-state index contributed by atoms with van der Waals surface area (Å²) in [6.45, 7) is 12.0. The molecular weight excluding hydrogens is 474 g/mol. The summed E-state index contributed by atoms with van der Waals surface area (Å²) in [5.41, 5.74) is 3.06. The number of amides is 2. The summed E-state index contributed by atoms with van der Waals surface area (Å²) in [5, 5.41) is 3.00. The van der Waals surface area contributed by atoms with Crippen LogP contribution in [-0.2, 0) is 26.2 Å². The van der Waals surface area contributed by atoms with Crippen LogP contribution in [0.4, 0.5) is 5.69 Å². The molecule has 0 aliphatic carbocycles. The average Bonchev–Trinajstić information content (AvgIpc) is 2.75. The number of nitrogens with zero attached hydrogens (tertiary/aromatic N) is 2. The Morgan fingerprint density at radius 3 is 2.25 bits per heavy atom. The Balaban J connectivity index is 2.25. The van der Waals surface area contributed by atoms with Crippen molar-refractivity contribution < 1.29 is 18.0 Å². The van der Waals surface area contributed by atoms with Crippen LogP contribution in [0.15, 0.2) is 48.5 Å². The molecule has 0 aliphatic heterocycles. The maximum absolute atomic E-state index is 13.5. The monoisotopic (exact) mass is 515 g/mol. The number of benzene rings is 2. The largest absolute Gasteiger partial charge is 0.350 e. The van der Waals surface area contributed by atoms with Gasteiger partial charge in [0.2, 0.25) is 21.8 Å². The molecule has 1 N–H and O–H groups in total. The van der Waals surface area contributed by atoms with E-state index in [1.54, 1.807) is 17.0 Å². The number of aryl methyl sites for hydroxylation is 2. The summed E-state index contributed by atoms with van der Waals surface area (Å²) in [6.07, 6.45) is 2.11. The van der Waals surface area contributed by atoms with Crippen molar-refractivity contribution >= 4 is 27.5 Å². The van der Waals surface area contributed by atoms with Gasteiger partial charge in [-0.3, -0.25) is 13.9 Å². The second-order valence-corrected chi connectivity index (χ2v) is 12.3. The Kier molecular flexibility index (Phi) is 10.1. The first-order valence-corrected chi connectivity index (χ1v) is 14.3. The second-order valence-electron chi connectivity index (χ2n) is 10.4. The van der Waals surface area contributed by atoms with E-state index in [0.717, 1.165) is 16.7 Å². The zero-order valence-corrected chi connectivity index (χ0v) is 23.5. The first-order chi connectivity index (χ1) is 16.7. The molecule has 36 heavy (non-hydrogen) atoms. The van der Waals surface area contributed by atoms with Gasteiger partial charge in [-0.15, -0.1) is 0 Å². The summed E-state index contributed by atoms with van der Waals surface area (Å²) in [7, 11) is -3.52. The molecule has 2 aromatic carbocycles. The van der Waals surface area contributed by atoms with E-state index < -0.39 is 21.6 Å². The number of hydrogen-bond acceptors (Lipinski definition) is 4. The van der Waals surface area contributed by atoms with Crippen molar-refractivity contribution in [2.24, 2.45) is 0 Å². The summed E-state index contributed by atoms with van der Waals surface area (Å²) >= 11 is 0. The van der Waals surface area contributed by atoms with Gasteiger partial charge in [0.05, 0.1) is 11.9 Å². The third-order valence-electron chi connectivity index (χ3n) is 5.86. The second kappa shape index (κ2) is 12.4. The molecule has 0 saturated heterocycles. The molecule has 0 fully saturated rings. The minimum atomic E-state index is -3.52. The standard InChI is InChI=1S/C28H41N3O4S/c1-8-24(27(33)29-28(4,5)6)30(20-23-15-11-13-21(2)19-23)26(32)17-12-18-31(36(7,34)35)25-16-10-9-14-22(25)3/h9-11,13-16,19,24H,8,12,17-18,20H2,1-7H3,(H,29,33)/t24-/m1/s1. The van der Waals surface area contributed by atoms with Crippen LogP contribution in [0.3, 0.4) is 0 Å². The number of hydrogen-bond donors (Lipinski definition) is 1. The van der Waals surface area contributed by atoms with E-state index in [1.165, 1.54) is 10.6 Å².